The minimum Gasteiger partial charge on any atom is -0.481 e. The Hall–Kier alpha value is -1.72. The molecular weight excluding hydrogens is 222 g/mol. The Morgan fingerprint density at radius 1 is 1.00 bits per heavy atom. The standard InChI is InChI=1S/C6H10O3.C4H6O3/c1-3-9-6(8)4-5(2)7;1-3(5)2-4(6)7/h3-4H2,1-2H3;2H2,1H3,(H,6,7)/i5+1,6+1;1+1,2+1,3+1,4+1. The van der Waals surface area contributed by atoms with Gasteiger partial charge in [0.05, 0.1) is 6.61 Å². The van der Waals surface area contributed by atoms with Crippen molar-refractivity contribution < 1.29 is 29.0 Å². The van der Waals surface area contributed by atoms with Crippen LogP contribution in [-0.4, -0.2) is 35.2 Å². The van der Waals surface area contributed by atoms with Gasteiger partial charge in [-0.3, -0.25) is 19.2 Å². The Kier molecular flexibility index (Phi) is 10.3. The lowest BCUT2D eigenvalue weighted by Crippen LogP contribution is -2.07. The number of carbonyl (C=O) groups is 4. The molecule has 0 atom stereocenters. The van der Waals surface area contributed by atoms with Crippen molar-refractivity contribution in [3.8, 4) is 0 Å². The second-order valence-electron chi connectivity index (χ2n) is 2.96. The van der Waals surface area contributed by atoms with E-state index in [-0.39, 0.29) is 24.4 Å². The third-order valence-corrected chi connectivity index (χ3v) is 1.10. The Labute approximate surface area is 93.6 Å². The highest BCUT2D eigenvalue weighted by Gasteiger charge is 2.03. The summed E-state index contributed by atoms with van der Waals surface area (Å²) in [7, 11) is 0. The van der Waals surface area contributed by atoms with Gasteiger partial charge >= 0.3 is 11.9 Å². The van der Waals surface area contributed by atoms with Crippen molar-refractivity contribution in [1.82, 2.24) is 0 Å². The van der Waals surface area contributed by atoms with Gasteiger partial charge in [0.15, 0.2) is 0 Å². The number of ether oxygens (including phenoxy) is 1. The van der Waals surface area contributed by atoms with Crippen molar-refractivity contribution in [2.24, 2.45) is 0 Å². The maximum absolute atomic E-state index is 10.4. The lowest BCUT2D eigenvalue weighted by Gasteiger charge is -1.96. The molecule has 6 heteroatoms. The van der Waals surface area contributed by atoms with Crippen molar-refractivity contribution in [1.29, 1.82) is 0 Å². The zero-order chi connectivity index (χ0) is 13.1. The SMILES string of the molecule is CCO[13C](=O)C[13C](C)=O.[13CH3][13C](=O)[13CH2][13C](=O)O. The predicted molar refractivity (Wildman–Crippen MR) is 54.9 cm³/mol. The van der Waals surface area contributed by atoms with Crippen LogP contribution in [0.4, 0.5) is 0 Å². The second-order valence-corrected chi connectivity index (χ2v) is 2.96. The van der Waals surface area contributed by atoms with E-state index < -0.39 is 11.9 Å². The predicted octanol–water partition coefficient (Wildman–Crippen LogP) is 0.579. The van der Waals surface area contributed by atoms with Gasteiger partial charge in [-0.1, -0.05) is 0 Å². The molecule has 0 saturated heterocycles. The minimum atomic E-state index is -1.06. The molecule has 0 heterocycles. The summed E-state index contributed by atoms with van der Waals surface area (Å²) in [5.74, 6) is -1.97. The first-order chi connectivity index (χ1) is 7.29. The zero-order valence-electron chi connectivity index (χ0n) is 9.61. The number of ketones is 2. The molecular formula is C10H16O6. The number of hydrogen-bond donors (Lipinski definition) is 1. The third kappa shape index (κ3) is 18.1. The molecule has 0 fully saturated rings. The summed E-state index contributed by atoms with van der Waals surface area (Å²) >= 11 is 0. The molecule has 0 rings (SSSR count). The van der Waals surface area contributed by atoms with Crippen LogP contribution in [0.2, 0.25) is 0 Å². The summed E-state index contributed by atoms with van der Waals surface area (Å²) in [5, 5.41) is 7.86. The normalized spacial score (nSPS) is 8.44. The van der Waals surface area contributed by atoms with Crippen LogP contribution in [0.1, 0.15) is 33.6 Å². The van der Waals surface area contributed by atoms with Gasteiger partial charge in [-0.2, -0.15) is 0 Å². The van der Waals surface area contributed by atoms with Crippen LogP contribution in [0.15, 0.2) is 0 Å². The lowest BCUT2D eigenvalue weighted by molar-refractivity contribution is -0.145. The van der Waals surface area contributed by atoms with Crippen molar-refractivity contribution in [3.05, 3.63) is 0 Å². The van der Waals surface area contributed by atoms with Gasteiger partial charge in [-0.15, -0.1) is 0 Å². The van der Waals surface area contributed by atoms with E-state index in [4.69, 9.17) is 5.11 Å². The molecule has 1 N–H and O–H groups in total. The molecule has 0 bridgehead atoms. The average Bonchev–Trinajstić information content (AvgIpc) is 2.00. The molecule has 0 saturated carbocycles. The molecule has 0 aliphatic heterocycles. The quantitative estimate of drug-likeness (QED) is 0.427. The smallest absolute Gasteiger partial charge is 0.313 e. The Bertz CT molecular complexity index is 256. The molecule has 0 spiro atoms. The second kappa shape index (κ2) is 9.82. The fourth-order valence-corrected chi connectivity index (χ4v) is 0.628. The highest BCUT2D eigenvalue weighted by atomic mass is 16.6. The van der Waals surface area contributed by atoms with Gasteiger partial charge in [-0.05, 0) is 20.8 Å². The van der Waals surface area contributed by atoms with Gasteiger partial charge in [0.1, 0.15) is 24.4 Å². The first kappa shape index (κ1) is 16.7. The van der Waals surface area contributed by atoms with Crippen molar-refractivity contribution in [2.45, 2.75) is 33.6 Å². The molecule has 0 aromatic carbocycles. The van der Waals surface area contributed by atoms with E-state index in [9.17, 15) is 19.2 Å². The Balaban J connectivity index is 0. The maximum Gasteiger partial charge on any atom is 0.313 e. The zero-order valence-corrected chi connectivity index (χ0v) is 9.61. The van der Waals surface area contributed by atoms with Crippen LogP contribution in [0.5, 0.6) is 0 Å². The van der Waals surface area contributed by atoms with E-state index in [1.807, 2.05) is 0 Å². The Morgan fingerprint density at radius 2 is 1.44 bits per heavy atom. The van der Waals surface area contributed by atoms with Gasteiger partial charge in [0.25, 0.3) is 0 Å². The fourth-order valence-electron chi connectivity index (χ4n) is 0.628. The van der Waals surface area contributed by atoms with Crippen molar-refractivity contribution in [2.75, 3.05) is 6.61 Å². The summed E-state index contributed by atoms with van der Waals surface area (Å²) in [4.78, 5) is 40.1. The lowest BCUT2D eigenvalue weighted by atomic mass is 10.7. The van der Waals surface area contributed by atoms with E-state index in [2.05, 4.69) is 4.74 Å². The molecule has 0 amide bonds. The molecule has 16 heavy (non-hydrogen) atoms. The first-order valence-corrected chi connectivity index (χ1v) is 4.65. The number of hydrogen-bond acceptors (Lipinski definition) is 5. The third-order valence-electron chi connectivity index (χ3n) is 1.10. The van der Waals surface area contributed by atoms with Crippen LogP contribution in [0, 0.1) is 0 Å². The number of carboxylic acids is 1. The van der Waals surface area contributed by atoms with Crippen molar-refractivity contribution >= 4 is 23.5 Å². The molecule has 0 aliphatic carbocycles. The van der Waals surface area contributed by atoms with Gasteiger partial charge in [-0.25, -0.2) is 0 Å². The number of aliphatic carboxylic acids is 1. The van der Waals surface area contributed by atoms with Crippen molar-refractivity contribution in [3.63, 3.8) is 0 Å². The van der Waals surface area contributed by atoms with E-state index in [1.165, 1.54) is 13.8 Å². The van der Waals surface area contributed by atoms with E-state index in [1.54, 1.807) is 6.92 Å². The first-order valence-electron chi connectivity index (χ1n) is 4.65. The summed E-state index contributed by atoms with van der Waals surface area (Å²) in [5.41, 5.74) is 0. The molecule has 0 radical (unpaired) electrons. The van der Waals surface area contributed by atoms with Crippen LogP contribution in [-0.2, 0) is 23.9 Å². The average molecular weight is 238 g/mol. The monoisotopic (exact) mass is 238 g/mol. The molecule has 0 unspecified atom stereocenters. The molecule has 0 aromatic rings. The van der Waals surface area contributed by atoms with Gasteiger partial charge in [0, 0.05) is 0 Å². The number of carbonyl (C=O) groups excluding carboxylic acids is 3. The molecule has 6 nitrogen and oxygen atoms in total. The fraction of sp³-hybridized carbons (Fsp3) is 0.600. The van der Waals surface area contributed by atoms with Crippen LogP contribution >= 0.6 is 0 Å². The minimum absolute atomic E-state index is 0.103. The highest BCUT2D eigenvalue weighted by Crippen LogP contribution is 1.86. The largest absolute Gasteiger partial charge is 0.481 e. The molecule has 92 valence electrons. The number of esters is 1. The van der Waals surface area contributed by atoms with E-state index in [0.717, 1.165) is 0 Å². The topological polar surface area (TPSA) is 97.7 Å². The van der Waals surface area contributed by atoms with Crippen LogP contribution < -0.4 is 0 Å². The highest BCUT2D eigenvalue weighted by molar-refractivity contribution is 5.94. The summed E-state index contributed by atoms with van der Waals surface area (Å²) < 4.78 is 4.49. The summed E-state index contributed by atoms with van der Waals surface area (Å²) in [6.45, 7) is 4.65. The molecule has 0 aliphatic rings. The number of Topliss-reactive ketones (excluding diaryl/α,β-unsaturated/α-hetero) is 2. The summed E-state index contributed by atoms with van der Waals surface area (Å²) in [6.07, 6.45) is -0.464. The van der Waals surface area contributed by atoms with Crippen LogP contribution in [0.25, 0.3) is 0 Å². The molecule has 0 aromatic heterocycles. The summed E-state index contributed by atoms with van der Waals surface area (Å²) in [6, 6.07) is 0. The van der Waals surface area contributed by atoms with E-state index in [0.29, 0.717) is 6.61 Å². The van der Waals surface area contributed by atoms with E-state index >= 15 is 0 Å². The maximum atomic E-state index is 10.4. The van der Waals surface area contributed by atoms with Gasteiger partial charge in [0.2, 0.25) is 0 Å². The van der Waals surface area contributed by atoms with Crippen LogP contribution in [0.3, 0.4) is 0 Å². The Morgan fingerprint density at radius 3 is 1.62 bits per heavy atom. The number of rotatable bonds is 5. The number of carboxylic acid groups (broad SMARTS) is 1. The van der Waals surface area contributed by atoms with Gasteiger partial charge < -0.3 is 9.84 Å².